The second-order valence-electron chi connectivity index (χ2n) is 6.46. The summed E-state index contributed by atoms with van der Waals surface area (Å²) in [5, 5.41) is 2.17. The molecule has 1 heterocycles. The van der Waals surface area contributed by atoms with Gasteiger partial charge in [-0.25, -0.2) is 9.69 Å². The van der Waals surface area contributed by atoms with Crippen molar-refractivity contribution in [2.24, 2.45) is 5.73 Å². The molecule has 1 aliphatic heterocycles. The van der Waals surface area contributed by atoms with Crippen molar-refractivity contribution in [3.05, 3.63) is 59.2 Å². The monoisotopic (exact) mass is 409 g/mol. The van der Waals surface area contributed by atoms with Crippen molar-refractivity contribution >= 4 is 35.5 Å². The third kappa shape index (κ3) is 4.30. The summed E-state index contributed by atoms with van der Waals surface area (Å²) in [6, 6.07) is 10.5. The van der Waals surface area contributed by atoms with Crippen molar-refractivity contribution in [3.8, 4) is 11.5 Å². The zero-order valence-corrected chi connectivity index (χ0v) is 16.3. The van der Waals surface area contributed by atoms with Gasteiger partial charge >= 0.3 is 6.03 Å². The molecule has 0 aromatic heterocycles. The lowest BCUT2D eigenvalue weighted by Gasteiger charge is -2.26. The highest BCUT2D eigenvalue weighted by Gasteiger charge is 2.36. The Kier molecular flexibility index (Phi) is 5.82. The molecule has 1 aliphatic rings. The summed E-state index contributed by atoms with van der Waals surface area (Å²) in [5.74, 6) is -1.65. The van der Waals surface area contributed by atoms with Gasteiger partial charge in [0.2, 0.25) is 0 Å². The van der Waals surface area contributed by atoms with Gasteiger partial charge in [-0.1, -0.05) is 23.8 Å². The number of barbiturate groups is 1. The van der Waals surface area contributed by atoms with Gasteiger partial charge in [-0.05, 0) is 42.8 Å². The number of hydrogen-bond donors (Lipinski definition) is 2. The highest BCUT2D eigenvalue weighted by atomic mass is 16.5. The van der Waals surface area contributed by atoms with E-state index < -0.39 is 23.8 Å². The molecule has 0 spiro atoms. The molecule has 30 heavy (non-hydrogen) atoms. The van der Waals surface area contributed by atoms with E-state index in [1.807, 2.05) is 6.92 Å². The molecule has 0 unspecified atom stereocenters. The van der Waals surface area contributed by atoms with Gasteiger partial charge in [0.25, 0.3) is 17.7 Å². The summed E-state index contributed by atoms with van der Waals surface area (Å²) in [6.45, 7) is 1.55. The molecule has 0 atom stereocenters. The van der Waals surface area contributed by atoms with E-state index in [0.29, 0.717) is 11.3 Å². The number of urea groups is 1. The van der Waals surface area contributed by atoms with Gasteiger partial charge in [0, 0.05) is 0 Å². The number of nitrogens with zero attached hydrogens (tertiary/aromatic N) is 1. The molecule has 9 heteroatoms. The summed E-state index contributed by atoms with van der Waals surface area (Å²) in [5.41, 5.74) is 6.60. The Balaban J connectivity index is 1.94. The number of nitrogens with one attached hydrogen (secondary N) is 1. The zero-order valence-electron chi connectivity index (χ0n) is 16.3. The van der Waals surface area contributed by atoms with Crippen LogP contribution in [0.25, 0.3) is 6.08 Å². The van der Waals surface area contributed by atoms with Crippen LogP contribution in [0.3, 0.4) is 0 Å². The quantitative estimate of drug-likeness (QED) is 0.550. The fraction of sp³-hybridized carbons (Fsp3) is 0.143. The van der Waals surface area contributed by atoms with E-state index in [1.165, 1.54) is 25.3 Å². The third-order valence-electron chi connectivity index (χ3n) is 4.26. The highest BCUT2D eigenvalue weighted by molar-refractivity contribution is 6.39. The number of carbonyl (C=O) groups excluding carboxylic acids is 4. The first kappa shape index (κ1) is 20.6. The Labute approximate surface area is 172 Å². The molecular weight excluding hydrogens is 390 g/mol. The van der Waals surface area contributed by atoms with Crippen molar-refractivity contribution in [1.29, 1.82) is 0 Å². The number of carbonyl (C=O) groups is 4. The maximum absolute atomic E-state index is 12.9. The fourth-order valence-electron chi connectivity index (χ4n) is 2.79. The summed E-state index contributed by atoms with van der Waals surface area (Å²) in [7, 11) is 1.40. The van der Waals surface area contributed by atoms with Crippen molar-refractivity contribution in [2.75, 3.05) is 18.6 Å². The van der Waals surface area contributed by atoms with Gasteiger partial charge in [-0.3, -0.25) is 19.7 Å². The second-order valence-corrected chi connectivity index (χ2v) is 6.46. The summed E-state index contributed by atoms with van der Waals surface area (Å²) >= 11 is 0. The van der Waals surface area contributed by atoms with E-state index in [1.54, 1.807) is 30.3 Å². The van der Waals surface area contributed by atoms with Crippen molar-refractivity contribution in [2.45, 2.75) is 6.92 Å². The Hall–Kier alpha value is -4.14. The lowest BCUT2D eigenvalue weighted by Crippen LogP contribution is -2.54. The number of primary amides is 1. The average Bonchev–Trinajstić information content (AvgIpc) is 2.71. The fourth-order valence-corrected chi connectivity index (χ4v) is 2.79. The number of amides is 5. The van der Waals surface area contributed by atoms with Gasteiger partial charge in [-0.2, -0.15) is 0 Å². The molecule has 2 aromatic carbocycles. The van der Waals surface area contributed by atoms with Crippen molar-refractivity contribution in [3.63, 3.8) is 0 Å². The molecular formula is C21H19N3O6. The van der Waals surface area contributed by atoms with Crippen LogP contribution >= 0.6 is 0 Å². The van der Waals surface area contributed by atoms with Crippen LogP contribution in [0.2, 0.25) is 0 Å². The standard InChI is InChI=1S/C21H19N3O6/c1-12-3-6-14(7-4-12)24-20(27)15(19(26)23-21(24)28)9-13-5-8-16(17(10-13)29-2)30-11-18(22)25/h3-10H,11H2,1-2H3,(H2,22,25)(H,23,26,28)/b15-9+. The molecule has 3 N–H and O–H groups in total. The SMILES string of the molecule is COc1cc(/C=C2\C(=O)NC(=O)N(c3ccc(C)cc3)C2=O)ccc1OCC(N)=O. The molecule has 154 valence electrons. The van der Waals surface area contributed by atoms with Crippen LogP contribution < -0.4 is 25.4 Å². The minimum Gasteiger partial charge on any atom is -0.493 e. The summed E-state index contributed by atoms with van der Waals surface area (Å²) < 4.78 is 10.5. The maximum Gasteiger partial charge on any atom is 0.335 e. The summed E-state index contributed by atoms with van der Waals surface area (Å²) in [6.07, 6.45) is 1.34. The predicted octanol–water partition coefficient (Wildman–Crippen LogP) is 1.53. The van der Waals surface area contributed by atoms with Gasteiger partial charge < -0.3 is 15.2 Å². The van der Waals surface area contributed by atoms with Crippen molar-refractivity contribution < 1.29 is 28.7 Å². The van der Waals surface area contributed by atoms with Gasteiger partial charge in [0.05, 0.1) is 12.8 Å². The van der Waals surface area contributed by atoms with Gasteiger partial charge in [-0.15, -0.1) is 0 Å². The van der Waals surface area contributed by atoms with Crippen LogP contribution in [0.5, 0.6) is 11.5 Å². The average molecular weight is 409 g/mol. The highest BCUT2D eigenvalue weighted by Crippen LogP contribution is 2.30. The van der Waals surface area contributed by atoms with E-state index >= 15 is 0 Å². The number of nitrogens with two attached hydrogens (primary N) is 1. The first-order chi connectivity index (χ1) is 14.3. The maximum atomic E-state index is 12.9. The van der Waals surface area contributed by atoms with E-state index in [2.05, 4.69) is 5.32 Å². The van der Waals surface area contributed by atoms with E-state index in [0.717, 1.165) is 10.5 Å². The number of rotatable bonds is 6. The summed E-state index contributed by atoms with van der Waals surface area (Å²) in [4.78, 5) is 49.2. The number of methoxy groups -OCH3 is 1. The Morgan fingerprint density at radius 3 is 2.43 bits per heavy atom. The molecule has 5 amide bonds. The van der Waals surface area contributed by atoms with Crippen LogP contribution in [-0.2, 0) is 14.4 Å². The Morgan fingerprint density at radius 1 is 1.10 bits per heavy atom. The minimum absolute atomic E-state index is 0.219. The molecule has 0 aliphatic carbocycles. The predicted molar refractivity (Wildman–Crippen MR) is 108 cm³/mol. The molecule has 1 saturated heterocycles. The number of benzene rings is 2. The van der Waals surface area contributed by atoms with Gasteiger partial charge in [0.15, 0.2) is 18.1 Å². The van der Waals surface area contributed by atoms with E-state index in [9.17, 15) is 19.2 Å². The van der Waals surface area contributed by atoms with Crippen LogP contribution in [0.15, 0.2) is 48.0 Å². The molecule has 0 saturated carbocycles. The first-order valence-corrected chi connectivity index (χ1v) is 8.87. The first-order valence-electron chi connectivity index (χ1n) is 8.87. The number of anilines is 1. The molecule has 0 radical (unpaired) electrons. The van der Waals surface area contributed by atoms with E-state index in [4.69, 9.17) is 15.2 Å². The molecule has 0 bridgehead atoms. The second kappa shape index (κ2) is 8.48. The lowest BCUT2D eigenvalue weighted by atomic mass is 10.1. The molecule has 9 nitrogen and oxygen atoms in total. The van der Waals surface area contributed by atoms with Gasteiger partial charge in [0.1, 0.15) is 5.57 Å². The number of ether oxygens (including phenoxy) is 2. The van der Waals surface area contributed by atoms with Crippen molar-refractivity contribution in [1.82, 2.24) is 5.32 Å². The normalized spacial score (nSPS) is 15.2. The van der Waals surface area contributed by atoms with Crippen LogP contribution in [0, 0.1) is 6.92 Å². The van der Waals surface area contributed by atoms with E-state index in [-0.39, 0.29) is 23.7 Å². The largest absolute Gasteiger partial charge is 0.493 e. The Bertz CT molecular complexity index is 1060. The van der Waals surface area contributed by atoms with Crippen LogP contribution in [0.4, 0.5) is 10.5 Å². The Morgan fingerprint density at radius 2 is 1.80 bits per heavy atom. The topological polar surface area (TPSA) is 128 Å². The lowest BCUT2D eigenvalue weighted by molar-refractivity contribution is -0.123. The third-order valence-corrected chi connectivity index (χ3v) is 4.26. The molecule has 3 rings (SSSR count). The smallest absolute Gasteiger partial charge is 0.335 e. The molecule has 2 aromatic rings. The number of hydrogen-bond acceptors (Lipinski definition) is 6. The minimum atomic E-state index is -0.821. The van der Waals surface area contributed by atoms with Crippen LogP contribution in [0.1, 0.15) is 11.1 Å². The van der Waals surface area contributed by atoms with Crippen LogP contribution in [-0.4, -0.2) is 37.5 Å². The number of imide groups is 2. The number of aryl methyl sites for hydroxylation is 1. The molecule has 1 fully saturated rings. The zero-order chi connectivity index (χ0) is 21.8.